The molecule has 0 amide bonds. The van der Waals surface area contributed by atoms with Crippen LogP contribution >= 0.6 is 12.2 Å². The Balaban J connectivity index is 3.57. The highest BCUT2D eigenvalue weighted by Crippen LogP contribution is 2.08. The quantitative estimate of drug-likeness (QED) is 0.594. The molecule has 0 bridgehead atoms. The van der Waals surface area contributed by atoms with Crippen molar-refractivity contribution in [2.45, 2.75) is 13.8 Å². The number of aryl methyl sites for hydroxylation is 1. The molecular formula is C7H7N3S. The van der Waals surface area contributed by atoms with Crippen LogP contribution in [0.4, 0.5) is 0 Å². The Labute approximate surface area is 69.7 Å². The van der Waals surface area contributed by atoms with E-state index in [4.69, 9.17) is 17.5 Å². The summed E-state index contributed by atoms with van der Waals surface area (Å²) in [7, 11) is 0. The highest BCUT2D eigenvalue weighted by atomic mass is 32.1. The molecule has 0 saturated heterocycles. The first-order valence-electron chi connectivity index (χ1n) is 3.12. The first kappa shape index (κ1) is 7.89. The number of aromatic nitrogens is 2. The predicted molar refractivity (Wildman–Crippen MR) is 43.6 cm³/mol. The number of hydrogen-bond acceptors (Lipinski definition) is 3. The Hall–Kier alpha value is -1.21. The van der Waals surface area contributed by atoms with Gasteiger partial charge in [-0.3, -0.25) is 5.10 Å². The molecule has 1 N–H and O–H groups in total. The molecule has 0 radical (unpaired) electrons. The van der Waals surface area contributed by atoms with Gasteiger partial charge in [-0.25, -0.2) is 0 Å². The van der Waals surface area contributed by atoms with Gasteiger partial charge in [-0.2, -0.15) is 10.4 Å². The third kappa shape index (κ3) is 1.28. The van der Waals surface area contributed by atoms with E-state index in [1.165, 1.54) is 0 Å². The van der Waals surface area contributed by atoms with Crippen LogP contribution in [0, 0.1) is 29.8 Å². The molecule has 4 heteroatoms. The number of aromatic amines is 1. The third-order valence-corrected chi connectivity index (χ3v) is 1.88. The average Bonchev–Trinajstić information content (AvgIpc) is 1.99. The Bertz CT molecular complexity index is 372. The molecule has 1 aromatic rings. The van der Waals surface area contributed by atoms with Gasteiger partial charge in [0.15, 0.2) is 0 Å². The van der Waals surface area contributed by atoms with E-state index in [2.05, 4.69) is 10.2 Å². The lowest BCUT2D eigenvalue weighted by Gasteiger charge is -1.98. The molecule has 0 saturated carbocycles. The predicted octanol–water partition coefficient (Wildman–Crippen LogP) is 1.63. The van der Waals surface area contributed by atoms with Crippen LogP contribution < -0.4 is 0 Å². The van der Waals surface area contributed by atoms with Crippen molar-refractivity contribution in [3.05, 3.63) is 21.5 Å². The minimum atomic E-state index is 0.413. The lowest BCUT2D eigenvalue weighted by Crippen LogP contribution is -1.95. The molecular weight excluding hydrogens is 158 g/mol. The molecule has 56 valence electrons. The smallest absolute Gasteiger partial charge is 0.137 e. The molecule has 0 aliphatic heterocycles. The van der Waals surface area contributed by atoms with Gasteiger partial charge >= 0.3 is 0 Å². The van der Waals surface area contributed by atoms with Gasteiger partial charge in [0.2, 0.25) is 0 Å². The molecule has 1 rings (SSSR count). The van der Waals surface area contributed by atoms with Crippen molar-refractivity contribution in [1.29, 1.82) is 5.26 Å². The normalized spacial score (nSPS) is 9.18. The van der Waals surface area contributed by atoms with Crippen molar-refractivity contribution in [1.82, 2.24) is 10.2 Å². The van der Waals surface area contributed by atoms with Gasteiger partial charge in [0.25, 0.3) is 0 Å². The topological polar surface area (TPSA) is 52.5 Å². The van der Waals surface area contributed by atoms with Crippen LogP contribution in [0.3, 0.4) is 0 Å². The highest BCUT2D eigenvalue weighted by molar-refractivity contribution is 7.71. The van der Waals surface area contributed by atoms with E-state index >= 15 is 0 Å². The molecule has 11 heavy (non-hydrogen) atoms. The SMILES string of the molecule is Cc1n[nH]c(=S)c(C#N)c1C. The maximum atomic E-state index is 8.66. The summed E-state index contributed by atoms with van der Waals surface area (Å²) in [5, 5.41) is 15.2. The summed E-state index contributed by atoms with van der Waals surface area (Å²) < 4.78 is 0.413. The number of hydrogen-bond donors (Lipinski definition) is 1. The first-order chi connectivity index (χ1) is 5.16. The Morgan fingerprint density at radius 3 is 2.64 bits per heavy atom. The summed E-state index contributed by atoms with van der Waals surface area (Å²) in [6.07, 6.45) is 0. The number of H-pyrrole nitrogens is 1. The Kier molecular flexibility index (Phi) is 2.01. The fraction of sp³-hybridized carbons (Fsp3) is 0.286. The zero-order valence-electron chi connectivity index (χ0n) is 6.30. The summed E-state index contributed by atoms with van der Waals surface area (Å²) in [4.78, 5) is 0. The molecule has 0 aliphatic rings. The number of nitriles is 1. The van der Waals surface area contributed by atoms with Crippen LogP contribution in [0.1, 0.15) is 16.8 Å². The molecule has 0 unspecified atom stereocenters. The Morgan fingerprint density at radius 2 is 2.18 bits per heavy atom. The molecule has 0 atom stereocenters. The van der Waals surface area contributed by atoms with Crippen LogP contribution in [0.2, 0.25) is 0 Å². The van der Waals surface area contributed by atoms with Crippen molar-refractivity contribution in [2.24, 2.45) is 0 Å². The fourth-order valence-corrected chi connectivity index (χ4v) is 1.00. The van der Waals surface area contributed by atoms with E-state index in [0.29, 0.717) is 10.2 Å². The van der Waals surface area contributed by atoms with E-state index in [0.717, 1.165) is 11.3 Å². The molecule has 1 heterocycles. The second kappa shape index (κ2) is 2.81. The zero-order chi connectivity index (χ0) is 8.43. The van der Waals surface area contributed by atoms with Gasteiger partial charge in [-0.05, 0) is 19.4 Å². The van der Waals surface area contributed by atoms with Crippen LogP contribution in [0.15, 0.2) is 0 Å². The van der Waals surface area contributed by atoms with E-state index < -0.39 is 0 Å². The van der Waals surface area contributed by atoms with Gasteiger partial charge < -0.3 is 0 Å². The average molecular weight is 165 g/mol. The van der Waals surface area contributed by atoms with Crippen LogP contribution in [-0.4, -0.2) is 10.2 Å². The summed E-state index contributed by atoms with van der Waals surface area (Å²) >= 11 is 4.86. The van der Waals surface area contributed by atoms with Gasteiger partial charge in [0.1, 0.15) is 10.7 Å². The van der Waals surface area contributed by atoms with Crippen LogP contribution in [-0.2, 0) is 0 Å². The largest absolute Gasteiger partial charge is 0.266 e. The van der Waals surface area contributed by atoms with E-state index in [1.807, 2.05) is 19.9 Å². The molecule has 0 aliphatic carbocycles. The minimum Gasteiger partial charge on any atom is -0.266 e. The molecule has 1 aromatic heterocycles. The van der Waals surface area contributed by atoms with E-state index in [9.17, 15) is 0 Å². The summed E-state index contributed by atoms with van der Waals surface area (Å²) in [5.41, 5.74) is 2.19. The van der Waals surface area contributed by atoms with Crippen molar-refractivity contribution in [3.63, 3.8) is 0 Å². The van der Waals surface area contributed by atoms with Gasteiger partial charge in [-0.1, -0.05) is 12.2 Å². The highest BCUT2D eigenvalue weighted by Gasteiger charge is 2.02. The maximum Gasteiger partial charge on any atom is 0.137 e. The fourth-order valence-electron chi connectivity index (χ4n) is 0.760. The molecule has 0 fully saturated rings. The van der Waals surface area contributed by atoms with E-state index in [-0.39, 0.29) is 0 Å². The number of rotatable bonds is 0. The summed E-state index contributed by atoms with van der Waals surface area (Å²) in [6, 6.07) is 2.03. The number of nitrogens with zero attached hydrogens (tertiary/aromatic N) is 2. The maximum absolute atomic E-state index is 8.66. The van der Waals surface area contributed by atoms with Gasteiger partial charge in [0.05, 0.1) is 11.3 Å². The second-order valence-corrected chi connectivity index (χ2v) is 2.66. The first-order valence-corrected chi connectivity index (χ1v) is 3.53. The number of nitrogens with one attached hydrogen (secondary N) is 1. The van der Waals surface area contributed by atoms with Crippen molar-refractivity contribution in [2.75, 3.05) is 0 Å². The zero-order valence-corrected chi connectivity index (χ0v) is 7.12. The van der Waals surface area contributed by atoms with Crippen LogP contribution in [0.25, 0.3) is 0 Å². The van der Waals surface area contributed by atoms with E-state index in [1.54, 1.807) is 0 Å². The second-order valence-electron chi connectivity index (χ2n) is 2.25. The minimum absolute atomic E-state index is 0.413. The standard InChI is InChI=1S/C7H7N3S/c1-4-5(2)9-10-7(11)6(4)3-8/h1-2H3,(H,10,11). The lowest BCUT2D eigenvalue weighted by atomic mass is 10.1. The van der Waals surface area contributed by atoms with Crippen molar-refractivity contribution < 1.29 is 0 Å². The van der Waals surface area contributed by atoms with Crippen molar-refractivity contribution >= 4 is 12.2 Å². The monoisotopic (exact) mass is 165 g/mol. The van der Waals surface area contributed by atoms with Gasteiger partial charge in [-0.15, -0.1) is 0 Å². The van der Waals surface area contributed by atoms with Gasteiger partial charge in [0, 0.05) is 0 Å². The van der Waals surface area contributed by atoms with Crippen LogP contribution in [0.5, 0.6) is 0 Å². The summed E-state index contributed by atoms with van der Waals surface area (Å²) in [5.74, 6) is 0. The lowest BCUT2D eigenvalue weighted by molar-refractivity contribution is 0.942. The third-order valence-electron chi connectivity index (χ3n) is 1.58. The van der Waals surface area contributed by atoms with Crippen molar-refractivity contribution in [3.8, 4) is 6.07 Å². The molecule has 0 aromatic carbocycles. The Morgan fingerprint density at radius 1 is 1.55 bits per heavy atom. The summed E-state index contributed by atoms with van der Waals surface area (Å²) in [6.45, 7) is 3.67. The molecule has 0 spiro atoms. The molecule has 3 nitrogen and oxygen atoms in total.